The zero-order valence-electron chi connectivity index (χ0n) is 35.7. The second-order valence-electron chi connectivity index (χ2n) is 17.5. The number of ether oxygens (including phenoxy) is 2. The van der Waals surface area contributed by atoms with Gasteiger partial charge in [0.1, 0.15) is 24.3 Å². The maximum atomic E-state index is 17.3. The lowest BCUT2D eigenvalue weighted by Gasteiger charge is -2.51. The topological polar surface area (TPSA) is 130 Å². The average molecular weight is 1120 g/mol. The predicted molar refractivity (Wildman–Crippen MR) is 246 cm³/mol. The van der Waals surface area contributed by atoms with Crippen molar-refractivity contribution in [3.8, 4) is 0 Å². The summed E-state index contributed by atoms with van der Waals surface area (Å²) in [5.41, 5.74) is -1.64. The number of nitrogens with zero attached hydrogens (tertiary/aromatic N) is 4. The molecule has 0 radical (unpaired) electrons. The molecule has 25 heteroatoms. The molecule has 5 aliphatic heterocycles. The van der Waals surface area contributed by atoms with Crippen LogP contribution in [-0.4, -0.2) is 110 Å². The molecular weight excluding hydrogens is 1080 g/mol. The van der Waals surface area contributed by atoms with Crippen molar-refractivity contribution < 1.29 is 68.5 Å². The predicted octanol–water partition coefficient (Wildman–Crippen LogP) is 10.3. The second-order valence-corrected chi connectivity index (χ2v) is 20.0. The molecule has 5 saturated heterocycles. The number of alkyl halides is 5. The zero-order chi connectivity index (χ0) is 50.0. The number of quaternary nitrogens is 1. The van der Waals surface area contributed by atoms with Crippen molar-refractivity contribution in [3.63, 3.8) is 0 Å². The summed E-state index contributed by atoms with van der Waals surface area (Å²) in [5.74, 6) is -10.9. The van der Waals surface area contributed by atoms with Crippen molar-refractivity contribution in [3.05, 3.63) is 121 Å². The number of carbonyl (C=O) groups excluding carboxylic acids is 3. The number of hydrogen-bond acceptors (Lipinski definition) is 7. The van der Waals surface area contributed by atoms with Crippen LogP contribution in [0.3, 0.4) is 0 Å². The van der Waals surface area contributed by atoms with E-state index in [-0.39, 0.29) is 59.1 Å². The highest BCUT2D eigenvalue weighted by molar-refractivity contribution is 9.10. The van der Waals surface area contributed by atoms with Gasteiger partial charge in [0.05, 0.1) is 34.3 Å². The second kappa shape index (κ2) is 19.1. The molecule has 5 heterocycles. The Hall–Kier alpha value is -4.23. The van der Waals surface area contributed by atoms with Crippen LogP contribution in [-0.2, 0) is 38.4 Å². The molecule has 1 aliphatic carbocycles. The number of halogens is 11. The number of thiol groups is 1. The Morgan fingerprint density at radius 2 is 1.65 bits per heavy atom. The number of likely N-dealkylation sites (tertiary alicyclic amines) is 2. The number of primary amides is 1. The van der Waals surface area contributed by atoms with Gasteiger partial charge in [-0.2, -0.15) is 13.2 Å². The Kier molecular flexibility index (Phi) is 14.1. The van der Waals surface area contributed by atoms with Crippen molar-refractivity contribution in [2.24, 2.45) is 11.7 Å². The summed E-state index contributed by atoms with van der Waals surface area (Å²) in [6.07, 6.45) is -7.92. The normalized spacial score (nSPS) is 28.4. The Balaban J connectivity index is 0.000000216. The Bertz CT molecular complexity index is 2650. The van der Waals surface area contributed by atoms with E-state index >= 15 is 13.2 Å². The third-order valence-corrected chi connectivity index (χ3v) is 14.8. The summed E-state index contributed by atoms with van der Waals surface area (Å²) in [7, 11) is 0. The van der Waals surface area contributed by atoms with Gasteiger partial charge in [0, 0.05) is 67.0 Å². The van der Waals surface area contributed by atoms with E-state index in [9.17, 15) is 36.3 Å². The molecule has 3 aromatic carbocycles. The van der Waals surface area contributed by atoms with Gasteiger partial charge in [-0.1, -0.05) is 76.0 Å². The molecule has 5 fully saturated rings. The highest BCUT2D eigenvalue weighted by Gasteiger charge is 2.73. The van der Waals surface area contributed by atoms with E-state index in [4.69, 9.17) is 55.5 Å². The fourth-order valence-electron chi connectivity index (χ4n) is 9.64. The molecule has 12 nitrogen and oxygen atoms in total. The Morgan fingerprint density at radius 3 is 2.29 bits per heavy atom. The molecule has 6 unspecified atom stereocenters. The van der Waals surface area contributed by atoms with Crippen LogP contribution in [0.1, 0.15) is 36.0 Å². The lowest BCUT2D eigenvalue weighted by atomic mass is 9.65. The summed E-state index contributed by atoms with van der Waals surface area (Å²) >= 11 is 24.9. The monoisotopic (exact) mass is 1110 g/mol. The molecule has 0 saturated carbocycles. The van der Waals surface area contributed by atoms with Gasteiger partial charge in [-0.25, -0.2) is 26.7 Å². The molecule has 6 atom stereocenters. The third kappa shape index (κ3) is 10.0. The number of thiocarbonyl (C=S) groups is 1. The van der Waals surface area contributed by atoms with E-state index in [2.05, 4.69) is 33.9 Å². The third-order valence-electron chi connectivity index (χ3n) is 13.1. The smallest absolute Gasteiger partial charge is 0.416 e. The van der Waals surface area contributed by atoms with Crippen molar-refractivity contribution in [2.45, 2.75) is 68.0 Å². The first-order chi connectivity index (χ1) is 32.4. The van der Waals surface area contributed by atoms with Gasteiger partial charge in [0.25, 0.3) is 11.1 Å². The first kappa shape index (κ1) is 51.1. The molecule has 69 heavy (non-hydrogen) atoms. The molecule has 2 spiro atoms. The minimum atomic E-state index is -4.33. The van der Waals surface area contributed by atoms with Crippen LogP contribution in [0.25, 0.3) is 0 Å². The van der Waals surface area contributed by atoms with Crippen LogP contribution in [0.4, 0.5) is 50.4 Å². The van der Waals surface area contributed by atoms with Gasteiger partial charge in [0.15, 0.2) is 34.4 Å². The van der Waals surface area contributed by atoms with E-state index in [0.29, 0.717) is 58.7 Å². The van der Waals surface area contributed by atoms with E-state index in [0.717, 1.165) is 17.7 Å². The highest BCUT2D eigenvalue weighted by atomic mass is 79.9. The molecule has 0 aromatic heterocycles. The molecule has 6 aliphatic rings. The van der Waals surface area contributed by atoms with Gasteiger partial charge >= 0.3 is 18.7 Å². The number of nitrogens with one attached hydrogen (secondary N) is 1. The number of fused-ring (bicyclic) bond motifs is 1. The first-order valence-corrected chi connectivity index (χ1v) is 23.5. The van der Waals surface area contributed by atoms with Crippen molar-refractivity contribution in [1.82, 2.24) is 14.7 Å². The number of allylic oxidation sites excluding steroid dienone is 3. The van der Waals surface area contributed by atoms with Gasteiger partial charge in [0.2, 0.25) is 0 Å². The summed E-state index contributed by atoms with van der Waals surface area (Å²) in [5, 5.41) is 3.06. The van der Waals surface area contributed by atoms with Crippen LogP contribution in [0, 0.1) is 5.92 Å². The van der Waals surface area contributed by atoms with E-state index in [1.54, 1.807) is 29.2 Å². The number of rotatable bonds is 7. The van der Waals surface area contributed by atoms with Gasteiger partial charge < -0.3 is 25.6 Å². The summed E-state index contributed by atoms with van der Waals surface area (Å²) in [4.78, 5) is 46.7. The molecular formula is C44H40BrCl2F8N6O6S2+. The van der Waals surface area contributed by atoms with E-state index in [1.165, 1.54) is 40.1 Å². The molecule has 3 aromatic rings. The number of piperidine rings is 2. The van der Waals surface area contributed by atoms with Gasteiger partial charge in [-0.3, -0.25) is 19.2 Å². The maximum absolute atomic E-state index is 17.3. The van der Waals surface area contributed by atoms with Crippen molar-refractivity contribution in [2.75, 3.05) is 44.6 Å². The quantitative estimate of drug-likeness (QED) is 0.0696. The zero-order valence-corrected chi connectivity index (χ0v) is 40.5. The minimum Gasteiger partial charge on any atom is -0.440 e. The lowest BCUT2D eigenvalue weighted by molar-refractivity contribution is -0.931. The highest BCUT2D eigenvalue weighted by Crippen LogP contribution is 2.55. The number of anilines is 1. The standard InChI is InChI=1S/C28H22BrCl2F5N4O3S.C16H17F3N2O3S/c29-14-3-1-2-13(8-14)10-40-12-27(43-26(40)42)6-7-39(25(44)38-17-9-15(30)4-5-16(17)31)11-18(27)28(36)19(24(37)41)20(32)21(33)22(34)23(28)35;17-16(18,19)12-3-1-11(2-4-12)9-21-10-15(23-14(21)24-21)5-7-20(8-6-15)13(22)25/h1-5,8-9,18,23H,6-7,10-12H2,(H2,37,41)(H,38,44);1-4,14H,5-10H2/p+1. The van der Waals surface area contributed by atoms with Crippen LogP contribution in [0.2, 0.25) is 10.0 Å². The molecule has 3 N–H and O–H groups in total. The number of carbonyl (C=O) groups is 3. The number of hydrogen-bond donors (Lipinski definition) is 3. The SMILES string of the molecule is NC(=O)C1=C(F)C(F)=C(F)C(F)C1(F)C1CN(C(=S)Nc2cc(Cl)ccc2Cl)CCC12CN(Cc1cccc(Br)c1)C(=O)O2.O=C(S)N1CCC2(CC1)C[N+]1(Cc3ccc(C(F)(F)F)cc3)OC1O2. The Morgan fingerprint density at radius 1 is 0.971 bits per heavy atom. The van der Waals surface area contributed by atoms with Gasteiger partial charge in [-0.05, 0) is 60.2 Å². The number of benzene rings is 3. The van der Waals surface area contributed by atoms with Gasteiger partial charge in [-0.15, -0.1) is 9.48 Å². The number of nitrogens with two attached hydrogens (primary N) is 1. The summed E-state index contributed by atoms with van der Waals surface area (Å²) < 4.78 is 128. The summed E-state index contributed by atoms with van der Waals surface area (Å²) in [6.45, 7) is 1.26. The van der Waals surface area contributed by atoms with Crippen LogP contribution in [0.15, 0.2) is 94.3 Å². The maximum Gasteiger partial charge on any atom is 0.416 e. The fourth-order valence-corrected chi connectivity index (χ4v) is 10.9. The van der Waals surface area contributed by atoms with Crippen LogP contribution >= 0.6 is 64.0 Å². The fraction of sp³-hybridized carbons (Fsp3) is 0.409. The van der Waals surface area contributed by atoms with Crippen LogP contribution < -0.4 is 11.1 Å². The first-order valence-electron chi connectivity index (χ1n) is 21.1. The van der Waals surface area contributed by atoms with Crippen LogP contribution in [0.5, 0.6) is 0 Å². The largest absolute Gasteiger partial charge is 0.440 e. The van der Waals surface area contributed by atoms with Crippen molar-refractivity contribution >= 4 is 92.0 Å². The lowest BCUT2D eigenvalue weighted by Crippen LogP contribution is -2.66. The average Bonchev–Trinajstić information content (AvgIpc) is 3.69. The molecule has 9 rings (SSSR count). The van der Waals surface area contributed by atoms with E-state index in [1.807, 2.05) is 0 Å². The Labute approximate surface area is 418 Å². The summed E-state index contributed by atoms with van der Waals surface area (Å²) in [6, 6.07) is 16.6. The minimum absolute atomic E-state index is 0.0161. The van der Waals surface area contributed by atoms with E-state index < -0.39 is 76.7 Å². The molecule has 370 valence electrons. The molecule has 3 amide bonds. The number of hydroxylamine groups is 3. The van der Waals surface area contributed by atoms with Crippen molar-refractivity contribution in [1.29, 1.82) is 0 Å². The molecule has 0 bridgehead atoms. The number of amides is 3.